The van der Waals surface area contributed by atoms with Gasteiger partial charge in [0.1, 0.15) is 16.4 Å². The molecule has 0 unspecified atom stereocenters. The van der Waals surface area contributed by atoms with Crippen molar-refractivity contribution in [1.82, 2.24) is 14.5 Å². The molecule has 1 heterocycles. The minimum atomic E-state index is -3.67. The van der Waals surface area contributed by atoms with Crippen LogP contribution in [-0.2, 0) is 10.0 Å². The van der Waals surface area contributed by atoms with Gasteiger partial charge in [-0.1, -0.05) is 13.3 Å². The van der Waals surface area contributed by atoms with E-state index in [2.05, 4.69) is 12.2 Å². The highest BCUT2D eigenvalue weighted by Gasteiger charge is 2.31. The summed E-state index contributed by atoms with van der Waals surface area (Å²) in [5.74, 6) is 0.786. The molecule has 2 rings (SSSR count). The Hall–Kier alpha value is -1.58. The molecule has 0 aromatic heterocycles. The standard InChI is InChI=1S/C17H27N3O4S2/c1-4-5-8-18-17(25)19-9-11-20(12-10-19)26(21,22)16-13-14(23-2)6-7-15(16)24-3/h6-7,13H,4-5,8-12H2,1-3H3,(H,18,25). The van der Waals surface area contributed by atoms with E-state index in [4.69, 9.17) is 21.7 Å². The van der Waals surface area contributed by atoms with Crippen LogP contribution >= 0.6 is 12.2 Å². The number of hydrogen-bond acceptors (Lipinski definition) is 5. The summed E-state index contributed by atoms with van der Waals surface area (Å²) in [6.45, 7) is 4.83. The molecule has 7 nitrogen and oxygen atoms in total. The fourth-order valence-electron chi connectivity index (χ4n) is 2.74. The molecule has 0 amide bonds. The minimum absolute atomic E-state index is 0.122. The average Bonchev–Trinajstić information content (AvgIpc) is 2.67. The third-order valence-corrected chi connectivity index (χ3v) is 6.64. The van der Waals surface area contributed by atoms with Gasteiger partial charge in [0.05, 0.1) is 14.2 Å². The lowest BCUT2D eigenvalue weighted by Crippen LogP contribution is -2.53. The molecule has 0 spiro atoms. The molecule has 146 valence electrons. The molecule has 0 aliphatic carbocycles. The van der Waals surface area contributed by atoms with Crippen molar-refractivity contribution in [3.63, 3.8) is 0 Å². The number of methoxy groups -OCH3 is 2. The minimum Gasteiger partial charge on any atom is -0.497 e. The van der Waals surface area contributed by atoms with Crippen molar-refractivity contribution in [2.24, 2.45) is 0 Å². The normalized spacial score (nSPS) is 15.6. The zero-order valence-electron chi connectivity index (χ0n) is 15.5. The highest BCUT2D eigenvalue weighted by molar-refractivity contribution is 7.89. The molecule has 1 N–H and O–H groups in total. The van der Waals surface area contributed by atoms with Gasteiger partial charge in [0.2, 0.25) is 10.0 Å². The summed E-state index contributed by atoms with van der Waals surface area (Å²) in [6, 6.07) is 4.78. The molecule has 9 heteroatoms. The number of sulfonamides is 1. The van der Waals surface area contributed by atoms with Crippen molar-refractivity contribution in [2.45, 2.75) is 24.7 Å². The Morgan fingerprint density at radius 3 is 2.46 bits per heavy atom. The zero-order chi connectivity index (χ0) is 19.2. The molecule has 1 aliphatic heterocycles. The summed E-state index contributed by atoms with van der Waals surface area (Å²) >= 11 is 5.40. The third kappa shape index (κ3) is 4.77. The SMILES string of the molecule is CCCCNC(=S)N1CCN(S(=O)(=O)c2cc(OC)ccc2OC)CC1. The maximum absolute atomic E-state index is 13.0. The summed E-state index contributed by atoms with van der Waals surface area (Å²) in [5, 5.41) is 3.91. The molecule has 1 saturated heterocycles. The molecule has 1 aromatic carbocycles. The first kappa shape index (κ1) is 20.7. The second-order valence-electron chi connectivity index (χ2n) is 5.99. The first-order valence-electron chi connectivity index (χ1n) is 8.69. The van der Waals surface area contributed by atoms with Crippen LogP contribution in [0.1, 0.15) is 19.8 Å². The van der Waals surface area contributed by atoms with Crippen LogP contribution in [0.15, 0.2) is 23.1 Å². The Kier molecular flexibility index (Phi) is 7.48. The van der Waals surface area contributed by atoms with Gasteiger partial charge in [0.15, 0.2) is 5.11 Å². The first-order valence-corrected chi connectivity index (χ1v) is 10.5. The molecule has 1 fully saturated rings. The van der Waals surface area contributed by atoms with Gasteiger partial charge in [-0.15, -0.1) is 0 Å². The number of ether oxygens (including phenoxy) is 2. The Labute approximate surface area is 161 Å². The van der Waals surface area contributed by atoms with Gasteiger partial charge >= 0.3 is 0 Å². The molecular weight excluding hydrogens is 374 g/mol. The average molecular weight is 402 g/mol. The molecule has 26 heavy (non-hydrogen) atoms. The number of rotatable bonds is 7. The number of nitrogens with one attached hydrogen (secondary N) is 1. The van der Waals surface area contributed by atoms with Gasteiger partial charge in [0.25, 0.3) is 0 Å². The summed E-state index contributed by atoms with van der Waals surface area (Å²) in [4.78, 5) is 2.14. The number of thiocarbonyl (C=S) groups is 1. The zero-order valence-corrected chi connectivity index (χ0v) is 17.2. The number of nitrogens with zero attached hydrogens (tertiary/aromatic N) is 2. The summed E-state index contributed by atoms with van der Waals surface area (Å²) in [7, 11) is -0.708. The van der Waals surface area contributed by atoms with Crippen LogP contribution in [0.2, 0.25) is 0 Å². The van der Waals surface area contributed by atoms with Crippen LogP contribution < -0.4 is 14.8 Å². The van der Waals surface area contributed by atoms with Gasteiger partial charge in [-0.2, -0.15) is 4.31 Å². The maximum Gasteiger partial charge on any atom is 0.247 e. The fraction of sp³-hybridized carbons (Fsp3) is 0.588. The first-order chi connectivity index (χ1) is 12.4. The van der Waals surface area contributed by atoms with Crippen LogP contribution in [0.3, 0.4) is 0 Å². The van der Waals surface area contributed by atoms with Crippen LogP contribution in [-0.4, -0.2) is 69.7 Å². The van der Waals surface area contributed by atoms with E-state index in [1.54, 1.807) is 12.1 Å². The number of unbranched alkanes of at least 4 members (excludes halogenated alkanes) is 1. The van der Waals surface area contributed by atoms with Crippen LogP contribution in [0, 0.1) is 0 Å². The van der Waals surface area contributed by atoms with Crippen molar-refractivity contribution in [2.75, 3.05) is 46.9 Å². The molecule has 0 bridgehead atoms. The smallest absolute Gasteiger partial charge is 0.247 e. The third-order valence-electron chi connectivity index (χ3n) is 4.32. The fourth-order valence-corrected chi connectivity index (χ4v) is 4.62. The van der Waals surface area contributed by atoms with E-state index in [0.29, 0.717) is 42.8 Å². The van der Waals surface area contributed by atoms with E-state index >= 15 is 0 Å². The lowest BCUT2D eigenvalue weighted by Gasteiger charge is -2.35. The number of hydrogen-bond donors (Lipinski definition) is 1. The van der Waals surface area contributed by atoms with Crippen LogP contribution in [0.4, 0.5) is 0 Å². The monoisotopic (exact) mass is 401 g/mol. The summed E-state index contributed by atoms with van der Waals surface area (Å²) in [5.41, 5.74) is 0. The molecule has 0 saturated carbocycles. The lowest BCUT2D eigenvalue weighted by molar-refractivity contribution is 0.263. The van der Waals surface area contributed by atoms with Gasteiger partial charge in [0, 0.05) is 38.8 Å². The Morgan fingerprint density at radius 1 is 1.19 bits per heavy atom. The number of benzene rings is 1. The molecule has 0 atom stereocenters. The van der Waals surface area contributed by atoms with E-state index in [0.717, 1.165) is 19.4 Å². The number of piperazine rings is 1. The van der Waals surface area contributed by atoms with Crippen molar-refractivity contribution in [1.29, 1.82) is 0 Å². The summed E-state index contributed by atoms with van der Waals surface area (Å²) in [6.07, 6.45) is 2.16. The van der Waals surface area contributed by atoms with Crippen LogP contribution in [0.25, 0.3) is 0 Å². The lowest BCUT2D eigenvalue weighted by atomic mass is 10.3. The summed E-state index contributed by atoms with van der Waals surface area (Å²) < 4.78 is 38.0. The van der Waals surface area contributed by atoms with Crippen molar-refractivity contribution in [3.05, 3.63) is 18.2 Å². The molecular formula is C17H27N3O4S2. The second kappa shape index (κ2) is 9.38. The largest absolute Gasteiger partial charge is 0.497 e. The highest BCUT2D eigenvalue weighted by Crippen LogP contribution is 2.31. The Bertz CT molecular complexity index is 717. The van der Waals surface area contributed by atoms with E-state index in [1.165, 1.54) is 24.6 Å². The van der Waals surface area contributed by atoms with Crippen molar-refractivity contribution < 1.29 is 17.9 Å². The maximum atomic E-state index is 13.0. The quantitative estimate of drug-likeness (QED) is 0.551. The molecule has 0 radical (unpaired) electrons. The van der Waals surface area contributed by atoms with Gasteiger partial charge < -0.3 is 19.7 Å². The van der Waals surface area contributed by atoms with Crippen LogP contribution in [0.5, 0.6) is 11.5 Å². The topological polar surface area (TPSA) is 71.1 Å². The van der Waals surface area contributed by atoms with Gasteiger partial charge in [-0.3, -0.25) is 0 Å². The van der Waals surface area contributed by atoms with Crippen molar-refractivity contribution >= 4 is 27.4 Å². The van der Waals surface area contributed by atoms with Crippen molar-refractivity contribution in [3.8, 4) is 11.5 Å². The van der Waals surface area contributed by atoms with E-state index in [1.807, 2.05) is 4.90 Å². The second-order valence-corrected chi connectivity index (χ2v) is 8.29. The predicted molar refractivity (Wildman–Crippen MR) is 105 cm³/mol. The Balaban J connectivity index is 2.07. The van der Waals surface area contributed by atoms with Gasteiger partial charge in [-0.05, 0) is 30.8 Å². The molecule has 1 aromatic rings. The van der Waals surface area contributed by atoms with E-state index in [-0.39, 0.29) is 4.90 Å². The highest BCUT2D eigenvalue weighted by atomic mass is 32.2. The molecule has 1 aliphatic rings. The predicted octanol–water partition coefficient (Wildman–Crippen LogP) is 1.68. The van der Waals surface area contributed by atoms with E-state index < -0.39 is 10.0 Å². The Morgan fingerprint density at radius 2 is 1.88 bits per heavy atom. The van der Waals surface area contributed by atoms with E-state index in [9.17, 15) is 8.42 Å². The van der Waals surface area contributed by atoms with Gasteiger partial charge in [-0.25, -0.2) is 8.42 Å².